The van der Waals surface area contributed by atoms with Crippen LogP contribution in [0.3, 0.4) is 0 Å². The molecule has 3 N–H and O–H groups in total. The van der Waals surface area contributed by atoms with E-state index in [4.69, 9.17) is 37.0 Å². The highest BCUT2D eigenvalue weighted by atomic mass is 31.2. The second-order valence-electron chi connectivity index (χ2n) is 27.7. The normalized spacial score (nSPS) is 13.9. The van der Waals surface area contributed by atoms with Gasteiger partial charge >= 0.3 is 39.5 Å². The molecule has 5 atom stereocenters. The third-order valence-electron chi connectivity index (χ3n) is 18.1. The fourth-order valence-corrected chi connectivity index (χ4v) is 13.5. The molecule has 0 rings (SSSR count). The Balaban J connectivity index is 5.18. The molecule has 0 saturated heterocycles. The van der Waals surface area contributed by atoms with Crippen molar-refractivity contribution in [2.75, 3.05) is 39.6 Å². The van der Waals surface area contributed by atoms with Gasteiger partial charge in [0.25, 0.3) is 0 Å². The van der Waals surface area contributed by atoms with Gasteiger partial charge in [0.1, 0.15) is 19.3 Å². The third-order valence-corrected chi connectivity index (χ3v) is 20.0. The molecule has 570 valence electrons. The molecule has 96 heavy (non-hydrogen) atoms. The average molecular weight is 1410 g/mol. The number of phosphoric acid groups is 2. The summed E-state index contributed by atoms with van der Waals surface area (Å²) in [6.45, 7) is 4.97. The van der Waals surface area contributed by atoms with Gasteiger partial charge in [0.05, 0.1) is 26.4 Å². The molecule has 0 radical (unpaired) electrons. The smallest absolute Gasteiger partial charge is 0.462 e. The van der Waals surface area contributed by atoms with Crippen LogP contribution in [0.2, 0.25) is 0 Å². The fraction of sp³-hybridized carbons (Fsp3) is 0.948. The van der Waals surface area contributed by atoms with Crippen LogP contribution < -0.4 is 0 Å². The maximum Gasteiger partial charge on any atom is 0.472 e. The number of rotatable bonds is 78. The Morgan fingerprint density at radius 1 is 0.250 bits per heavy atom. The Morgan fingerprint density at radius 3 is 0.615 bits per heavy atom. The highest BCUT2D eigenvalue weighted by Crippen LogP contribution is 2.45. The van der Waals surface area contributed by atoms with Crippen molar-refractivity contribution in [3.05, 3.63) is 0 Å². The quantitative estimate of drug-likeness (QED) is 0.0222. The van der Waals surface area contributed by atoms with Gasteiger partial charge in [-0.25, -0.2) is 9.13 Å². The van der Waals surface area contributed by atoms with Crippen molar-refractivity contribution >= 4 is 39.5 Å². The van der Waals surface area contributed by atoms with Crippen LogP contribution in [0.4, 0.5) is 0 Å². The molecule has 0 aromatic rings. The van der Waals surface area contributed by atoms with Crippen molar-refractivity contribution < 1.29 is 80.2 Å². The SMILES string of the molecule is CCCCCCCCCCCCCCCCCCCCCC(=O)O[C@H](COC(=O)CCCCCCCCCCCCCCCCCCCC)COP(=O)(O)OC[C@@H](O)COP(=O)(O)OC[C@@H](COC(=O)CCCCCCCCCC)OC(=O)CCCCCCCCCCCCC. The van der Waals surface area contributed by atoms with E-state index in [1.54, 1.807) is 0 Å². The van der Waals surface area contributed by atoms with Gasteiger partial charge in [0, 0.05) is 25.7 Å². The Hall–Kier alpha value is -1.94. The molecule has 0 aliphatic heterocycles. The highest BCUT2D eigenvalue weighted by Gasteiger charge is 2.30. The molecule has 0 saturated carbocycles. The fourth-order valence-electron chi connectivity index (χ4n) is 11.9. The van der Waals surface area contributed by atoms with Crippen molar-refractivity contribution in [1.82, 2.24) is 0 Å². The van der Waals surface area contributed by atoms with Gasteiger partial charge in [-0.3, -0.25) is 37.3 Å². The third kappa shape index (κ3) is 70.5. The van der Waals surface area contributed by atoms with Crippen LogP contribution in [0.15, 0.2) is 0 Å². The lowest BCUT2D eigenvalue weighted by Crippen LogP contribution is -2.30. The molecule has 0 aliphatic rings. The standard InChI is InChI=1S/C77H150O17P2/c1-5-9-13-17-21-25-28-30-32-34-36-38-40-42-45-48-52-56-60-64-77(82)94-73(68-88-75(80)62-58-54-50-46-44-41-39-37-35-33-31-29-26-22-18-14-10-6-2)70-92-96(85,86)90-66-71(78)65-89-95(83,84)91-69-72(67-87-74(79)61-57-53-49-24-20-16-12-8-4)93-76(81)63-59-55-51-47-43-27-23-19-15-11-7-3/h71-73,78H,5-70H2,1-4H3,(H,83,84)(H,85,86)/t71-,72+,73+/m0/s1. The lowest BCUT2D eigenvalue weighted by molar-refractivity contribution is -0.161. The van der Waals surface area contributed by atoms with Gasteiger partial charge in [-0.1, -0.05) is 362 Å². The molecular formula is C77H150O17P2. The van der Waals surface area contributed by atoms with Crippen LogP contribution >= 0.6 is 15.6 Å². The van der Waals surface area contributed by atoms with Gasteiger partial charge in [-0.2, -0.15) is 0 Å². The number of aliphatic hydroxyl groups is 1. The molecule has 19 heteroatoms. The molecule has 0 bridgehead atoms. The molecule has 0 spiro atoms. The molecule has 0 aromatic carbocycles. The molecule has 2 unspecified atom stereocenters. The largest absolute Gasteiger partial charge is 0.472 e. The number of carbonyl (C=O) groups is 4. The number of esters is 4. The second-order valence-corrected chi connectivity index (χ2v) is 30.7. The van der Waals surface area contributed by atoms with E-state index in [2.05, 4.69) is 27.7 Å². The Morgan fingerprint density at radius 2 is 0.417 bits per heavy atom. The van der Waals surface area contributed by atoms with Crippen LogP contribution in [-0.4, -0.2) is 96.7 Å². The lowest BCUT2D eigenvalue weighted by Gasteiger charge is -2.21. The van der Waals surface area contributed by atoms with E-state index in [0.29, 0.717) is 25.7 Å². The van der Waals surface area contributed by atoms with E-state index in [1.807, 2.05) is 0 Å². The number of phosphoric ester groups is 2. The predicted octanol–water partition coefficient (Wildman–Crippen LogP) is 23.0. The average Bonchev–Trinajstić information content (AvgIpc) is 1.41. The van der Waals surface area contributed by atoms with Crippen molar-refractivity contribution in [2.24, 2.45) is 0 Å². The molecule has 0 amide bonds. The molecule has 0 aliphatic carbocycles. The number of hydrogen-bond acceptors (Lipinski definition) is 15. The number of carbonyl (C=O) groups excluding carboxylic acids is 4. The minimum absolute atomic E-state index is 0.107. The van der Waals surface area contributed by atoms with Gasteiger partial charge < -0.3 is 33.8 Å². The summed E-state index contributed by atoms with van der Waals surface area (Å²) in [6, 6.07) is 0. The minimum Gasteiger partial charge on any atom is -0.462 e. The highest BCUT2D eigenvalue weighted by molar-refractivity contribution is 7.47. The molecule has 0 aromatic heterocycles. The first kappa shape index (κ1) is 94.1. The zero-order valence-corrected chi connectivity index (χ0v) is 64.1. The van der Waals surface area contributed by atoms with Crippen molar-refractivity contribution in [2.45, 2.75) is 431 Å². The monoisotopic (exact) mass is 1410 g/mol. The summed E-state index contributed by atoms with van der Waals surface area (Å²) in [4.78, 5) is 72.7. The summed E-state index contributed by atoms with van der Waals surface area (Å²) in [5.41, 5.74) is 0. The summed E-state index contributed by atoms with van der Waals surface area (Å²) >= 11 is 0. The maximum absolute atomic E-state index is 13.1. The number of ether oxygens (including phenoxy) is 4. The second kappa shape index (κ2) is 71.5. The van der Waals surface area contributed by atoms with E-state index in [9.17, 15) is 43.2 Å². The number of unbranched alkanes of at least 4 members (excludes halogenated alkanes) is 52. The van der Waals surface area contributed by atoms with E-state index in [-0.39, 0.29) is 25.7 Å². The van der Waals surface area contributed by atoms with Crippen LogP contribution in [-0.2, 0) is 65.4 Å². The topological polar surface area (TPSA) is 237 Å². The van der Waals surface area contributed by atoms with E-state index in [1.165, 1.54) is 238 Å². The maximum atomic E-state index is 13.1. The number of aliphatic hydroxyl groups excluding tert-OH is 1. The first-order chi connectivity index (χ1) is 46.7. The van der Waals surface area contributed by atoms with E-state index >= 15 is 0 Å². The molecule has 17 nitrogen and oxygen atoms in total. The predicted molar refractivity (Wildman–Crippen MR) is 391 cm³/mol. The zero-order valence-electron chi connectivity index (χ0n) is 62.4. The van der Waals surface area contributed by atoms with Gasteiger partial charge in [0.15, 0.2) is 12.2 Å². The zero-order chi connectivity index (χ0) is 70.4. The van der Waals surface area contributed by atoms with E-state index < -0.39 is 97.5 Å². The van der Waals surface area contributed by atoms with Crippen LogP contribution in [0.25, 0.3) is 0 Å². The molecule has 0 heterocycles. The van der Waals surface area contributed by atoms with Crippen molar-refractivity contribution in [3.8, 4) is 0 Å². The first-order valence-corrected chi connectivity index (χ1v) is 43.3. The minimum atomic E-state index is -4.96. The van der Waals surface area contributed by atoms with Crippen LogP contribution in [0.1, 0.15) is 413 Å². The summed E-state index contributed by atoms with van der Waals surface area (Å²) in [6.07, 6.45) is 62.5. The van der Waals surface area contributed by atoms with E-state index in [0.717, 1.165) is 96.3 Å². The van der Waals surface area contributed by atoms with Gasteiger partial charge in [-0.15, -0.1) is 0 Å². The van der Waals surface area contributed by atoms with Crippen molar-refractivity contribution in [1.29, 1.82) is 0 Å². The molecular weight excluding hydrogens is 1260 g/mol. The number of hydrogen-bond donors (Lipinski definition) is 3. The van der Waals surface area contributed by atoms with Crippen LogP contribution in [0, 0.1) is 0 Å². The summed E-state index contributed by atoms with van der Waals surface area (Å²) < 4.78 is 68.5. The van der Waals surface area contributed by atoms with Gasteiger partial charge in [-0.05, 0) is 25.7 Å². The Labute approximate surface area is 588 Å². The first-order valence-electron chi connectivity index (χ1n) is 40.3. The Bertz CT molecular complexity index is 1830. The summed E-state index contributed by atoms with van der Waals surface area (Å²) in [7, 11) is -9.90. The molecule has 0 fully saturated rings. The lowest BCUT2D eigenvalue weighted by atomic mass is 10.0. The Kier molecular flexibility index (Phi) is 70.0. The van der Waals surface area contributed by atoms with Crippen LogP contribution in [0.5, 0.6) is 0 Å². The summed E-state index contributed by atoms with van der Waals surface area (Å²) in [5.74, 6) is -2.11. The van der Waals surface area contributed by atoms with Crippen molar-refractivity contribution in [3.63, 3.8) is 0 Å². The van der Waals surface area contributed by atoms with Gasteiger partial charge in [0.2, 0.25) is 0 Å². The summed E-state index contributed by atoms with van der Waals surface area (Å²) in [5, 5.41) is 10.6.